The summed E-state index contributed by atoms with van der Waals surface area (Å²) in [5, 5.41) is 19.0. The number of phenols is 1. The number of para-hydroxylation sites is 1. The first kappa shape index (κ1) is 21.3. The summed E-state index contributed by atoms with van der Waals surface area (Å²) in [4.78, 5) is 13.9. The second-order valence-electron chi connectivity index (χ2n) is 9.45. The molecule has 37 heavy (non-hydrogen) atoms. The Morgan fingerprint density at radius 3 is 1.95 bits per heavy atom. The average molecular weight is 475 g/mol. The van der Waals surface area contributed by atoms with E-state index in [0.717, 1.165) is 43.4 Å². The van der Waals surface area contributed by atoms with Crippen LogP contribution in [-0.2, 0) is 0 Å². The number of phenolic OH excluding ortho intramolecular Hbond substituents is 1. The highest BCUT2D eigenvalue weighted by Gasteiger charge is 2.21. The summed E-state index contributed by atoms with van der Waals surface area (Å²) >= 11 is 0. The van der Waals surface area contributed by atoms with Crippen molar-refractivity contribution in [3.63, 3.8) is 0 Å². The lowest BCUT2D eigenvalue weighted by Crippen LogP contribution is -2.04. The van der Waals surface area contributed by atoms with Crippen LogP contribution >= 0.6 is 0 Å². The van der Waals surface area contributed by atoms with E-state index in [2.05, 4.69) is 66.7 Å². The van der Waals surface area contributed by atoms with Crippen molar-refractivity contribution < 1.29 is 9.90 Å². The number of fused-ring (bicyclic) bond motifs is 6. The largest absolute Gasteiger partial charge is 0.507 e. The Hall–Kier alpha value is -4.95. The summed E-state index contributed by atoms with van der Waals surface area (Å²) in [6, 6.07) is 42.4. The molecule has 0 aliphatic heterocycles. The molecule has 0 saturated carbocycles. The lowest BCUT2D eigenvalue weighted by molar-refractivity contribution is 0.103. The van der Waals surface area contributed by atoms with Crippen molar-refractivity contribution in [2.24, 2.45) is 0 Å². The minimum atomic E-state index is -0.183. The van der Waals surface area contributed by atoms with Crippen molar-refractivity contribution in [2.45, 2.75) is 0 Å². The van der Waals surface area contributed by atoms with Gasteiger partial charge in [-0.1, -0.05) is 97.1 Å². The van der Waals surface area contributed by atoms with E-state index in [1.807, 2.05) is 36.4 Å². The SMILES string of the molecule is O=C(c1ccccc1O)c1cc2ccccc2c2cc(-c3ccc4ccccc4c3)c3ccccc3c12. The van der Waals surface area contributed by atoms with Gasteiger partial charge in [0.1, 0.15) is 5.75 Å². The predicted octanol–water partition coefficient (Wildman–Crippen LogP) is 8.90. The van der Waals surface area contributed by atoms with Crippen LogP contribution in [-0.4, -0.2) is 10.9 Å². The molecule has 0 heterocycles. The third-order valence-corrected chi connectivity index (χ3v) is 7.32. The Balaban J connectivity index is 1.62. The molecule has 0 spiro atoms. The predicted molar refractivity (Wildman–Crippen MR) is 153 cm³/mol. The van der Waals surface area contributed by atoms with Gasteiger partial charge < -0.3 is 5.11 Å². The fourth-order valence-corrected chi connectivity index (χ4v) is 5.56. The highest BCUT2D eigenvalue weighted by Crippen LogP contribution is 2.41. The van der Waals surface area contributed by atoms with E-state index in [9.17, 15) is 9.90 Å². The number of carbonyl (C=O) groups is 1. The zero-order valence-electron chi connectivity index (χ0n) is 20.0. The van der Waals surface area contributed by atoms with Crippen molar-refractivity contribution in [1.29, 1.82) is 0 Å². The maximum Gasteiger partial charge on any atom is 0.197 e. The van der Waals surface area contributed by atoms with Crippen LogP contribution in [0.4, 0.5) is 0 Å². The van der Waals surface area contributed by atoms with E-state index in [4.69, 9.17) is 0 Å². The fourth-order valence-electron chi connectivity index (χ4n) is 5.56. The summed E-state index contributed by atoms with van der Waals surface area (Å²) < 4.78 is 0. The van der Waals surface area contributed by atoms with Crippen molar-refractivity contribution in [3.05, 3.63) is 139 Å². The van der Waals surface area contributed by atoms with E-state index in [1.54, 1.807) is 24.3 Å². The zero-order chi connectivity index (χ0) is 24.9. The lowest BCUT2D eigenvalue weighted by Gasteiger charge is -2.17. The molecule has 7 rings (SSSR count). The van der Waals surface area contributed by atoms with Gasteiger partial charge in [0, 0.05) is 10.9 Å². The van der Waals surface area contributed by atoms with Gasteiger partial charge in [-0.25, -0.2) is 0 Å². The van der Waals surface area contributed by atoms with Crippen molar-refractivity contribution in [1.82, 2.24) is 0 Å². The number of hydrogen-bond acceptors (Lipinski definition) is 2. The maximum absolute atomic E-state index is 13.9. The number of hydrogen-bond donors (Lipinski definition) is 1. The first-order chi connectivity index (χ1) is 18.2. The average Bonchev–Trinajstić information content (AvgIpc) is 2.96. The summed E-state index contributed by atoms with van der Waals surface area (Å²) in [5.41, 5.74) is 3.17. The van der Waals surface area contributed by atoms with E-state index >= 15 is 0 Å². The third kappa shape index (κ3) is 3.38. The van der Waals surface area contributed by atoms with Gasteiger partial charge in [0.25, 0.3) is 0 Å². The Bertz CT molecular complexity index is 2020. The summed E-state index contributed by atoms with van der Waals surface area (Å²) in [7, 11) is 0. The van der Waals surface area contributed by atoms with E-state index in [0.29, 0.717) is 11.1 Å². The van der Waals surface area contributed by atoms with E-state index < -0.39 is 0 Å². The Kier molecular flexibility index (Phi) is 4.80. The van der Waals surface area contributed by atoms with Gasteiger partial charge in [-0.05, 0) is 79.2 Å². The molecule has 0 saturated heterocycles. The van der Waals surface area contributed by atoms with Crippen LogP contribution in [0.1, 0.15) is 15.9 Å². The van der Waals surface area contributed by atoms with Crippen LogP contribution in [0.3, 0.4) is 0 Å². The molecule has 0 aromatic heterocycles. The molecule has 0 bridgehead atoms. The second kappa shape index (κ2) is 8.32. The lowest BCUT2D eigenvalue weighted by atomic mass is 9.86. The molecule has 7 aromatic carbocycles. The summed E-state index contributed by atoms with van der Waals surface area (Å²) in [6.07, 6.45) is 0. The van der Waals surface area contributed by atoms with Crippen molar-refractivity contribution >= 4 is 48.9 Å². The topological polar surface area (TPSA) is 37.3 Å². The Morgan fingerprint density at radius 2 is 1.14 bits per heavy atom. The van der Waals surface area contributed by atoms with E-state index in [-0.39, 0.29) is 11.5 Å². The van der Waals surface area contributed by atoms with Gasteiger partial charge >= 0.3 is 0 Å². The van der Waals surface area contributed by atoms with Crippen LogP contribution < -0.4 is 0 Å². The Labute approximate surface area is 214 Å². The van der Waals surface area contributed by atoms with Crippen LogP contribution in [0.5, 0.6) is 5.75 Å². The monoisotopic (exact) mass is 474 g/mol. The smallest absolute Gasteiger partial charge is 0.197 e. The molecule has 0 aliphatic rings. The van der Waals surface area contributed by atoms with Gasteiger partial charge in [-0.3, -0.25) is 4.79 Å². The van der Waals surface area contributed by atoms with Crippen LogP contribution in [0.25, 0.3) is 54.2 Å². The molecule has 0 unspecified atom stereocenters. The highest BCUT2D eigenvalue weighted by molar-refractivity contribution is 6.30. The van der Waals surface area contributed by atoms with Gasteiger partial charge in [0.05, 0.1) is 5.56 Å². The van der Waals surface area contributed by atoms with E-state index in [1.165, 1.54) is 10.8 Å². The summed E-state index contributed by atoms with van der Waals surface area (Å²) in [6.45, 7) is 0. The molecule has 0 atom stereocenters. The van der Waals surface area contributed by atoms with Gasteiger partial charge in [-0.2, -0.15) is 0 Å². The molecule has 0 radical (unpaired) electrons. The first-order valence-electron chi connectivity index (χ1n) is 12.4. The molecule has 7 aromatic rings. The number of rotatable bonds is 3. The molecule has 2 nitrogen and oxygen atoms in total. The third-order valence-electron chi connectivity index (χ3n) is 7.32. The van der Waals surface area contributed by atoms with Crippen LogP contribution in [0, 0.1) is 0 Å². The van der Waals surface area contributed by atoms with Crippen molar-refractivity contribution in [3.8, 4) is 16.9 Å². The zero-order valence-corrected chi connectivity index (χ0v) is 20.0. The minimum absolute atomic E-state index is 0.00843. The maximum atomic E-state index is 13.9. The van der Waals surface area contributed by atoms with Crippen LogP contribution in [0.2, 0.25) is 0 Å². The first-order valence-corrected chi connectivity index (χ1v) is 12.4. The minimum Gasteiger partial charge on any atom is -0.507 e. The number of aromatic hydroxyl groups is 1. The van der Waals surface area contributed by atoms with Crippen LogP contribution in [0.15, 0.2) is 127 Å². The standard InChI is InChI=1S/C35H22O2/c36-33-16-8-7-15-29(33)35(37)32-20-24-11-3-4-12-26(24)31-21-30(27-13-5-6-14-28(27)34(31)32)25-18-17-22-9-1-2-10-23(22)19-25/h1-21,36H. The van der Waals surface area contributed by atoms with Crippen molar-refractivity contribution in [2.75, 3.05) is 0 Å². The molecule has 2 heteroatoms. The molecule has 0 aliphatic carbocycles. The van der Waals surface area contributed by atoms with Gasteiger partial charge in [-0.15, -0.1) is 0 Å². The number of carbonyl (C=O) groups excluding carboxylic acids is 1. The molecular formula is C35H22O2. The van der Waals surface area contributed by atoms with Gasteiger partial charge in [0.2, 0.25) is 0 Å². The normalized spacial score (nSPS) is 11.5. The Morgan fingerprint density at radius 1 is 0.486 bits per heavy atom. The second-order valence-corrected chi connectivity index (χ2v) is 9.45. The molecule has 0 amide bonds. The highest BCUT2D eigenvalue weighted by atomic mass is 16.3. The number of benzene rings is 7. The molecular weight excluding hydrogens is 452 g/mol. The van der Waals surface area contributed by atoms with Gasteiger partial charge in [0.15, 0.2) is 5.78 Å². The quantitative estimate of drug-likeness (QED) is 0.205. The molecule has 0 fully saturated rings. The number of ketones is 1. The molecule has 1 N–H and O–H groups in total. The fraction of sp³-hybridized carbons (Fsp3) is 0. The summed E-state index contributed by atoms with van der Waals surface area (Å²) in [5.74, 6) is -0.191. The molecule has 174 valence electrons.